The second-order valence-corrected chi connectivity index (χ2v) is 19.1. The van der Waals surface area contributed by atoms with Crippen LogP contribution in [-0.4, -0.2) is 29.8 Å². The number of phenolic OH excluding ortho intramolecular Hbond substituents is 2. The maximum atomic E-state index is 11.9. The molecule has 6 heteroatoms. The summed E-state index contributed by atoms with van der Waals surface area (Å²) in [6.07, 6.45) is 11.5. The molecule has 0 saturated heterocycles. The number of aromatic nitrogens is 2. The third-order valence-electron chi connectivity index (χ3n) is 10.8. The molecule has 52 heavy (non-hydrogen) atoms. The maximum Gasteiger partial charge on any atom is 0.143 e. The summed E-state index contributed by atoms with van der Waals surface area (Å²) in [4.78, 5) is 0. The first kappa shape index (κ1) is 36.6. The van der Waals surface area contributed by atoms with E-state index in [4.69, 9.17) is 0 Å². The van der Waals surface area contributed by atoms with Crippen LogP contribution in [0.1, 0.15) is 102 Å². The molecule has 1 aliphatic carbocycles. The molecule has 0 amide bonds. The highest BCUT2D eigenvalue weighted by Gasteiger charge is 2.27. The lowest BCUT2D eigenvalue weighted by molar-refractivity contribution is 0.465. The van der Waals surface area contributed by atoms with Crippen LogP contribution in [0.25, 0.3) is 33.2 Å². The summed E-state index contributed by atoms with van der Waals surface area (Å²) < 4.78 is 4.29. The van der Waals surface area contributed by atoms with Crippen LogP contribution in [0.2, 0.25) is 0 Å². The number of fused-ring (bicyclic) bond motifs is 2. The number of benzene rings is 4. The van der Waals surface area contributed by atoms with Crippen molar-refractivity contribution < 1.29 is 10.2 Å². The highest BCUT2D eigenvalue weighted by Crippen LogP contribution is 2.43. The van der Waals surface area contributed by atoms with E-state index in [2.05, 4.69) is 148 Å². The van der Waals surface area contributed by atoms with E-state index in [0.717, 1.165) is 45.0 Å². The number of nitrogens with zero attached hydrogens (tertiary/aromatic N) is 2. The third-order valence-corrected chi connectivity index (χ3v) is 13.9. The standard InChI is InChI=1S/C46H54N2O2S2/c1-45(2,3)35-25-33(43(49)39(27-35)47-23-21-31-15-11-13-17-37(31)47)29-51-41-19-9-7-8-10-20-42(41)52-30-34-26-36(46(4,5)6)28-40(44(34)50)48-24-22-32-16-12-14-18-38(32)48/h11-18,21-28,41-42,49-50H,7-10,19-20,29-30H2,1-6H3/t41-,42-/m0/s1. The molecule has 4 aromatic carbocycles. The summed E-state index contributed by atoms with van der Waals surface area (Å²) in [5.41, 5.74) is 8.29. The smallest absolute Gasteiger partial charge is 0.143 e. The molecule has 0 unspecified atom stereocenters. The van der Waals surface area contributed by atoms with Crippen LogP contribution in [0, 0.1) is 0 Å². The van der Waals surface area contributed by atoms with Gasteiger partial charge in [-0.2, -0.15) is 23.5 Å². The van der Waals surface area contributed by atoms with Gasteiger partial charge in [-0.1, -0.05) is 116 Å². The van der Waals surface area contributed by atoms with Gasteiger partial charge < -0.3 is 19.3 Å². The topological polar surface area (TPSA) is 50.3 Å². The van der Waals surface area contributed by atoms with Gasteiger partial charge in [0, 0.05) is 45.5 Å². The van der Waals surface area contributed by atoms with Crippen molar-refractivity contribution in [2.24, 2.45) is 0 Å². The van der Waals surface area contributed by atoms with E-state index >= 15 is 0 Å². The van der Waals surface area contributed by atoms with Crippen LogP contribution < -0.4 is 0 Å². The predicted octanol–water partition coefficient (Wildman–Crippen LogP) is 12.8. The lowest BCUT2D eigenvalue weighted by atomic mass is 9.85. The monoisotopic (exact) mass is 730 g/mol. The summed E-state index contributed by atoms with van der Waals surface area (Å²) in [6.45, 7) is 13.5. The number of aromatic hydroxyl groups is 2. The van der Waals surface area contributed by atoms with Crippen LogP contribution in [0.5, 0.6) is 11.5 Å². The second kappa shape index (κ2) is 14.9. The summed E-state index contributed by atoms with van der Waals surface area (Å²) in [5.74, 6) is 2.29. The fourth-order valence-electron chi connectivity index (χ4n) is 7.59. The molecule has 2 heterocycles. The molecule has 0 spiro atoms. The van der Waals surface area contributed by atoms with Crippen molar-refractivity contribution in [3.8, 4) is 22.9 Å². The Morgan fingerprint density at radius 3 is 1.37 bits per heavy atom. The molecule has 2 N–H and O–H groups in total. The van der Waals surface area contributed by atoms with Gasteiger partial charge in [-0.3, -0.25) is 0 Å². The summed E-state index contributed by atoms with van der Waals surface area (Å²) in [5, 5.41) is 27.0. The van der Waals surface area contributed by atoms with Crippen molar-refractivity contribution in [3.05, 3.63) is 120 Å². The SMILES string of the molecule is CC(C)(C)c1cc(CS[C@H]2CCCCCC[C@@H]2SCc2cc(C(C)(C)C)cc(-n3ccc4ccccc43)c2O)c(O)c(-n2ccc3ccccc32)c1. The van der Waals surface area contributed by atoms with Gasteiger partial charge in [0.2, 0.25) is 0 Å². The normalized spacial score (nSPS) is 17.4. The number of hydrogen-bond acceptors (Lipinski definition) is 4. The number of para-hydroxylation sites is 2. The Bertz CT molecular complexity index is 2030. The zero-order valence-corrected chi connectivity index (χ0v) is 33.3. The number of phenols is 2. The van der Waals surface area contributed by atoms with Gasteiger partial charge in [0.1, 0.15) is 11.5 Å². The summed E-state index contributed by atoms with van der Waals surface area (Å²) >= 11 is 4.03. The Kier molecular flexibility index (Phi) is 10.5. The van der Waals surface area contributed by atoms with Crippen molar-refractivity contribution in [3.63, 3.8) is 0 Å². The zero-order valence-electron chi connectivity index (χ0n) is 31.7. The fourth-order valence-corrected chi connectivity index (χ4v) is 10.7. The molecule has 1 fully saturated rings. The lowest BCUT2D eigenvalue weighted by Crippen LogP contribution is -2.22. The van der Waals surface area contributed by atoms with E-state index in [1.165, 1.54) is 60.4 Å². The Hall–Kier alpha value is -3.74. The molecule has 7 rings (SSSR count). The van der Waals surface area contributed by atoms with Crippen LogP contribution in [-0.2, 0) is 22.3 Å². The number of hydrogen-bond donors (Lipinski definition) is 2. The van der Waals surface area contributed by atoms with Gasteiger partial charge in [-0.25, -0.2) is 0 Å². The zero-order chi connectivity index (χ0) is 36.6. The molecular weight excluding hydrogens is 677 g/mol. The van der Waals surface area contributed by atoms with Crippen molar-refractivity contribution in [1.82, 2.24) is 9.13 Å². The largest absolute Gasteiger partial charge is 0.505 e. The quantitative estimate of drug-likeness (QED) is 0.164. The molecule has 0 radical (unpaired) electrons. The van der Waals surface area contributed by atoms with E-state index in [0.29, 0.717) is 22.0 Å². The molecule has 4 nitrogen and oxygen atoms in total. The third kappa shape index (κ3) is 7.66. The molecule has 1 aliphatic rings. The first-order valence-corrected chi connectivity index (χ1v) is 21.1. The molecule has 2 aromatic heterocycles. The minimum absolute atomic E-state index is 0.0567. The minimum Gasteiger partial charge on any atom is -0.505 e. The van der Waals surface area contributed by atoms with Crippen LogP contribution in [0.4, 0.5) is 0 Å². The molecule has 272 valence electrons. The molecule has 6 aromatic rings. The Morgan fingerprint density at radius 2 is 0.962 bits per heavy atom. The molecular formula is C46H54N2O2S2. The Labute approximate surface area is 318 Å². The molecule has 2 atom stereocenters. The highest BCUT2D eigenvalue weighted by molar-refractivity contribution is 8.03. The molecule has 0 aliphatic heterocycles. The summed E-state index contributed by atoms with van der Waals surface area (Å²) in [6, 6.07) is 29.9. The first-order chi connectivity index (χ1) is 24.9. The summed E-state index contributed by atoms with van der Waals surface area (Å²) in [7, 11) is 0. The van der Waals surface area contributed by atoms with Crippen LogP contribution in [0.3, 0.4) is 0 Å². The average Bonchev–Trinajstić information content (AvgIpc) is 3.72. The van der Waals surface area contributed by atoms with E-state index in [9.17, 15) is 10.2 Å². The molecule has 1 saturated carbocycles. The van der Waals surface area contributed by atoms with E-state index in [1.807, 2.05) is 23.5 Å². The van der Waals surface area contributed by atoms with Crippen LogP contribution >= 0.6 is 23.5 Å². The average molecular weight is 731 g/mol. The maximum absolute atomic E-state index is 11.9. The van der Waals surface area contributed by atoms with Crippen LogP contribution in [0.15, 0.2) is 97.3 Å². The van der Waals surface area contributed by atoms with E-state index in [-0.39, 0.29) is 10.8 Å². The Balaban J connectivity index is 1.17. The van der Waals surface area contributed by atoms with Gasteiger partial charge in [0.15, 0.2) is 0 Å². The Morgan fingerprint density at radius 1 is 0.558 bits per heavy atom. The van der Waals surface area contributed by atoms with Crippen molar-refractivity contribution in [2.75, 3.05) is 0 Å². The number of thioether (sulfide) groups is 2. The lowest BCUT2D eigenvalue weighted by Gasteiger charge is -2.30. The van der Waals surface area contributed by atoms with Crippen molar-refractivity contribution >= 4 is 45.3 Å². The minimum atomic E-state index is -0.0567. The van der Waals surface area contributed by atoms with Crippen molar-refractivity contribution in [1.29, 1.82) is 0 Å². The first-order valence-electron chi connectivity index (χ1n) is 19.0. The molecule has 0 bridgehead atoms. The second-order valence-electron chi connectivity index (χ2n) is 16.7. The number of rotatable bonds is 8. The van der Waals surface area contributed by atoms with E-state index < -0.39 is 0 Å². The van der Waals surface area contributed by atoms with Gasteiger partial charge in [0.25, 0.3) is 0 Å². The van der Waals surface area contributed by atoms with E-state index in [1.54, 1.807) is 0 Å². The van der Waals surface area contributed by atoms with Gasteiger partial charge in [-0.05, 0) is 82.0 Å². The van der Waals surface area contributed by atoms with Gasteiger partial charge in [0.05, 0.1) is 22.4 Å². The fraction of sp³-hybridized carbons (Fsp3) is 0.391. The van der Waals surface area contributed by atoms with Crippen molar-refractivity contribution in [2.45, 2.75) is 113 Å². The van der Waals surface area contributed by atoms with Gasteiger partial charge in [-0.15, -0.1) is 0 Å². The van der Waals surface area contributed by atoms with Gasteiger partial charge >= 0.3 is 0 Å². The predicted molar refractivity (Wildman–Crippen MR) is 225 cm³/mol. The highest BCUT2D eigenvalue weighted by atomic mass is 32.2.